The van der Waals surface area contributed by atoms with E-state index in [0.717, 1.165) is 26.2 Å². The summed E-state index contributed by atoms with van der Waals surface area (Å²) < 4.78 is 0. The van der Waals surface area contributed by atoms with Crippen LogP contribution < -0.4 is 10.2 Å². The number of anilines is 1. The van der Waals surface area contributed by atoms with Gasteiger partial charge in [0.2, 0.25) is 0 Å². The molecule has 2 rings (SSSR count). The first kappa shape index (κ1) is 16.3. The van der Waals surface area contributed by atoms with E-state index in [1.54, 1.807) is 0 Å². The van der Waals surface area contributed by atoms with Gasteiger partial charge in [0, 0.05) is 37.9 Å². The van der Waals surface area contributed by atoms with Gasteiger partial charge < -0.3 is 15.1 Å². The Hall–Kier alpha value is -1.06. The van der Waals surface area contributed by atoms with Crippen LogP contribution in [0.4, 0.5) is 5.69 Å². The number of hydrogen-bond acceptors (Lipinski definition) is 3. The Morgan fingerprint density at radius 1 is 1.14 bits per heavy atom. The smallest absolute Gasteiger partial charge is 0.0366 e. The second-order valence-electron chi connectivity index (χ2n) is 7.38. The lowest BCUT2D eigenvalue weighted by Gasteiger charge is -2.36. The molecule has 0 spiro atoms. The molecule has 3 heteroatoms. The highest BCUT2D eigenvalue weighted by molar-refractivity contribution is 5.46. The lowest BCUT2D eigenvalue weighted by atomic mass is 9.92. The van der Waals surface area contributed by atoms with E-state index >= 15 is 0 Å². The minimum Gasteiger partial charge on any atom is -0.371 e. The molecular weight excluding hydrogens is 258 g/mol. The number of nitrogens with one attached hydrogen (secondary N) is 1. The van der Waals surface area contributed by atoms with E-state index in [4.69, 9.17) is 0 Å². The van der Waals surface area contributed by atoms with E-state index in [1.807, 2.05) is 0 Å². The molecule has 0 bridgehead atoms. The quantitative estimate of drug-likeness (QED) is 0.869. The molecule has 0 aromatic heterocycles. The summed E-state index contributed by atoms with van der Waals surface area (Å²) in [6.45, 7) is 9.24. The molecule has 1 saturated heterocycles. The molecule has 1 aliphatic heterocycles. The molecule has 1 aromatic rings. The van der Waals surface area contributed by atoms with Crippen molar-refractivity contribution in [2.24, 2.45) is 5.41 Å². The second-order valence-corrected chi connectivity index (χ2v) is 7.38. The monoisotopic (exact) mass is 289 g/mol. The van der Waals surface area contributed by atoms with Crippen LogP contribution in [0, 0.1) is 5.41 Å². The predicted octanol–water partition coefficient (Wildman–Crippen LogP) is 2.83. The van der Waals surface area contributed by atoms with E-state index in [9.17, 15) is 0 Å². The SMILES string of the molecule is CN(C)CC(C)(C)CNC1CCN(c2ccccc2)CC1. The molecule has 1 aliphatic rings. The molecule has 0 amide bonds. The number of nitrogens with zero attached hydrogens (tertiary/aromatic N) is 2. The van der Waals surface area contributed by atoms with E-state index in [1.165, 1.54) is 18.5 Å². The summed E-state index contributed by atoms with van der Waals surface area (Å²) in [4.78, 5) is 4.78. The molecular formula is C18H31N3. The summed E-state index contributed by atoms with van der Waals surface area (Å²) >= 11 is 0. The largest absolute Gasteiger partial charge is 0.371 e. The van der Waals surface area contributed by atoms with Crippen LogP contribution in [0.5, 0.6) is 0 Å². The van der Waals surface area contributed by atoms with Gasteiger partial charge in [0.25, 0.3) is 0 Å². The number of hydrogen-bond donors (Lipinski definition) is 1. The summed E-state index contributed by atoms with van der Waals surface area (Å²) in [6, 6.07) is 11.4. The first-order chi connectivity index (χ1) is 9.96. The van der Waals surface area contributed by atoms with E-state index in [2.05, 4.69) is 73.4 Å². The fourth-order valence-corrected chi connectivity index (χ4v) is 3.31. The zero-order valence-corrected chi connectivity index (χ0v) is 14.1. The molecule has 0 unspecified atom stereocenters. The molecule has 118 valence electrons. The van der Waals surface area contributed by atoms with Crippen molar-refractivity contribution in [2.75, 3.05) is 45.2 Å². The molecule has 1 fully saturated rings. The fourth-order valence-electron chi connectivity index (χ4n) is 3.31. The average molecular weight is 289 g/mol. The number of piperidine rings is 1. The summed E-state index contributed by atoms with van der Waals surface area (Å²) in [5.74, 6) is 0. The van der Waals surface area contributed by atoms with Crippen LogP contribution in [0.3, 0.4) is 0 Å². The minimum atomic E-state index is 0.333. The van der Waals surface area contributed by atoms with Gasteiger partial charge in [-0.25, -0.2) is 0 Å². The van der Waals surface area contributed by atoms with Crippen LogP contribution in [-0.2, 0) is 0 Å². The third-order valence-electron chi connectivity index (χ3n) is 4.23. The van der Waals surface area contributed by atoms with E-state index in [0.29, 0.717) is 11.5 Å². The molecule has 0 aliphatic carbocycles. The molecule has 21 heavy (non-hydrogen) atoms. The maximum atomic E-state index is 3.79. The van der Waals surface area contributed by atoms with E-state index in [-0.39, 0.29) is 0 Å². The Bertz CT molecular complexity index is 406. The van der Waals surface area contributed by atoms with Crippen LogP contribution >= 0.6 is 0 Å². The molecule has 0 saturated carbocycles. The summed E-state index contributed by atoms with van der Waals surface area (Å²) in [7, 11) is 4.31. The Labute approximate surface area is 130 Å². The summed E-state index contributed by atoms with van der Waals surface area (Å²) in [5.41, 5.74) is 1.70. The second kappa shape index (κ2) is 7.28. The minimum absolute atomic E-state index is 0.333. The zero-order chi connectivity index (χ0) is 15.3. The Balaban J connectivity index is 1.74. The van der Waals surface area contributed by atoms with E-state index < -0.39 is 0 Å². The molecule has 0 atom stereocenters. The van der Waals surface area contributed by atoms with Crippen molar-refractivity contribution in [2.45, 2.75) is 32.7 Å². The highest BCUT2D eigenvalue weighted by atomic mass is 15.1. The molecule has 3 nitrogen and oxygen atoms in total. The van der Waals surface area contributed by atoms with Gasteiger partial charge >= 0.3 is 0 Å². The highest BCUT2D eigenvalue weighted by Gasteiger charge is 2.23. The first-order valence-electron chi connectivity index (χ1n) is 8.14. The van der Waals surface area contributed by atoms with Gasteiger partial charge in [-0.1, -0.05) is 32.0 Å². The van der Waals surface area contributed by atoms with Crippen molar-refractivity contribution in [3.63, 3.8) is 0 Å². The Morgan fingerprint density at radius 2 is 1.76 bits per heavy atom. The van der Waals surface area contributed by atoms with Gasteiger partial charge in [0.05, 0.1) is 0 Å². The average Bonchev–Trinajstić information content (AvgIpc) is 2.45. The Morgan fingerprint density at radius 3 is 2.33 bits per heavy atom. The van der Waals surface area contributed by atoms with Crippen molar-refractivity contribution in [1.82, 2.24) is 10.2 Å². The fraction of sp³-hybridized carbons (Fsp3) is 0.667. The van der Waals surface area contributed by atoms with Crippen molar-refractivity contribution < 1.29 is 0 Å². The van der Waals surface area contributed by atoms with Gasteiger partial charge in [0.15, 0.2) is 0 Å². The normalized spacial score (nSPS) is 17.5. The molecule has 1 N–H and O–H groups in total. The van der Waals surface area contributed by atoms with Crippen LogP contribution in [0.2, 0.25) is 0 Å². The van der Waals surface area contributed by atoms with Gasteiger partial charge in [-0.3, -0.25) is 0 Å². The third kappa shape index (κ3) is 5.33. The van der Waals surface area contributed by atoms with Gasteiger partial charge in [0.1, 0.15) is 0 Å². The first-order valence-corrected chi connectivity index (χ1v) is 8.14. The van der Waals surface area contributed by atoms with Gasteiger partial charge in [-0.05, 0) is 44.5 Å². The predicted molar refractivity (Wildman–Crippen MR) is 92.0 cm³/mol. The maximum absolute atomic E-state index is 3.79. The zero-order valence-electron chi connectivity index (χ0n) is 14.1. The van der Waals surface area contributed by atoms with Crippen molar-refractivity contribution in [3.8, 4) is 0 Å². The van der Waals surface area contributed by atoms with Crippen molar-refractivity contribution in [1.29, 1.82) is 0 Å². The third-order valence-corrected chi connectivity index (χ3v) is 4.23. The molecule has 0 radical (unpaired) electrons. The molecule has 1 aromatic carbocycles. The molecule has 1 heterocycles. The lowest BCUT2D eigenvalue weighted by molar-refractivity contribution is 0.220. The lowest BCUT2D eigenvalue weighted by Crippen LogP contribution is -2.46. The van der Waals surface area contributed by atoms with Gasteiger partial charge in [-0.2, -0.15) is 0 Å². The topological polar surface area (TPSA) is 18.5 Å². The van der Waals surface area contributed by atoms with Crippen LogP contribution in [0.1, 0.15) is 26.7 Å². The summed E-state index contributed by atoms with van der Waals surface area (Å²) in [5, 5.41) is 3.79. The standard InChI is InChI=1S/C18H31N3/c1-18(2,15-20(3)4)14-19-16-10-12-21(13-11-16)17-8-6-5-7-9-17/h5-9,16,19H,10-15H2,1-4H3. The van der Waals surface area contributed by atoms with Crippen molar-refractivity contribution in [3.05, 3.63) is 30.3 Å². The van der Waals surface area contributed by atoms with Crippen molar-refractivity contribution >= 4 is 5.69 Å². The summed E-state index contributed by atoms with van der Waals surface area (Å²) in [6.07, 6.45) is 2.49. The van der Waals surface area contributed by atoms with Crippen LogP contribution in [-0.4, -0.2) is 51.2 Å². The Kier molecular flexibility index (Phi) is 5.65. The van der Waals surface area contributed by atoms with Gasteiger partial charge in [-0.15, -0.1) is 0 Å². The number of rotatable bonds is 6. The number of para-hydroxylation sites is 1. The maximum Gasteiger partial charge on any atom is 0.0366 e. The van der Waals surface area contributed by atoms with Crippen LogP contribution in [0.25, 0.3) is 0 Å². The highest BCUT2D eigenvalue weighted by Crippen LogP contribution is 2.21. The van der Waals surface area contributed by atoms with Crippen LogP contribution in [0.15, 0.2) is 30.3 Å². The number of benzene rings is 1.